The molecule has 0 saturated heterocycles. The van der Waals surface area contributed by atoms with Crippen LogP contribution in [0.25, 0.3) is 67.2 Å². The van der Waals surface area contributed by atoms with Gasteiger partial charge in [-0.2, -0.15) is 0 Å². The zero-order chi connectivity index (χ0) is 28.2. The van der Waals surface area contributed by atoms with Crippen LogP contribution in [0.4, 0.5) is 0 Å². The van der Waals surface area contributed by atoms with E-state index >= 15 is 0 Å². The van der Waals surface area contributed by atoms with E-state index in [0.29, 0.717) is 16.3 Å². The summed E-state index contributed by atoms with van der Waals surface area (Å²) in [6, 6.07) is 20.4. The van der Waals surface area contributed by atoms with Gasteiger partial charge in [-0.15, -0.1) is 5.10 Å². The highest BCUT2D eigenvalue weighted by Gasteiger charge is 2.44. The average Bonchev–Trinajstić information content (AvgIpc) is 3.65. The molecule has 3 aromatic carbocycles. The molecule has 0 fully saturated rings. The van der Waals surface area contributed by atoms with Gasteiger partial charge < -0.3 is 29.4 Å². The predicted octanol–water partition coefficient (Wildman–Crippen LogP) is 6.57. The molecule has 8 rings (SSSR count). The van der Waals surface area contributed by atoms with Gasteiger partial charge in [-0.25, -0.2) is 4.57 Å². The average molecular weight is 566 g/mol. The number of nitrogens with zero attached hydrogens (tertiary/aromatic N) is 5. The molecule has 7 aromatic rings. The summed E-state index contributed by atoms with van der Waals surface area (Å²) in [4.78, 5) is 0. The number of aromatic hydroxyl groups is 4. The Hall–Kier alpha value is -5.35. The van der Waals surface area contributed by atoms with Gasteiger partial charge in [-0.1, -0.05) is 47.0 Å². The molecule has 4 aromatic heterocycles. The van der Waals surface area contributed by atoms with E-state index in [1.165, 1.54) is 4.57 Å². The fraction of sp³-hybridized carbons (Fsp3) is 0.0667. The fourth-order valence-corrected chi connectivity index (χ4v) is 6.19. The zero-order valence-electron chi connectivity index (χ0n) is 21.4. The van der Waals surface area contributed by atoms with E-state index in [9.17, 15) is 20.4 Å². The maximum absolute atomic E-state index is 11.3. The van der Waals surface area contributed by atoms with Crippen LogP contribution in [0.5, 0.6) is 23.5 Å². The SMILES string of the molecule is CCn1c2ccccc2c2cc(-n3c(O)c4c(c3O)-c3c-4c(O)n(-c4nnc(-c5ccccc5Cl)o4)c3O)ccc21. The lowest BCUT2D eigenvalue weighted by molar-refractivity contribution is 0.381. The van der Waals surface area contributed by atoms with Crippen LogP contribution < -0.4 is 0 Å². The minimum Gasteiger partial charge on any atom is -0.494 e. The van der Waals surface area contributed by atoms with E-state index in [1.807, 2.05) is 36.4 Å². The van der Waals surface area contributed by atoms with Gasteiger partial charge in [0.05, 0.1) is 38.5 Å². The molecule has 0 radical (unpaired) electrons. The molecule has 1 aliphatic carbocycles. The molecule has 0 atom stereocenters. The molecule has 202 valence electrons. The van der Waals surface area contributed by atoms with Crippen molar-refractivity contribution in [1.29, 1.82) is 0 Å². The lowest BCUT2D eigenvalue weighted by Gasteiger charge is -2.14. The second-order valence-corrected chi connectivity index (χ2v) is 10.2. The molecule has 0 bridgehead atoms. The molecule has 1 aliphatic rings. The van der Waals surface area contributed by atoms with Gasteiger partial charge in [0.2, 0.25) is 23.5 Å². The van der Waals surface area contributed by atoms with Gasteiger partial charge >= 0.3 is 6.01 Å². The van der Waals surface area contributed by atoms with E-state index in [1.54, 1.807) is 24.3 Å². The predicted molar refractivity (Wildman–Crippen MR) is 153 cm³/mol. The van der Waals surface area contributed by atoms with Crippen LogP contribution in [0.2, 0.25) is 5.02 Å². The highest BCUT2D eigenvalue weighted by molar-refractivity contribution is 6.33. The molecule has 10 nitrogen and oxygen atoms in total. The number of aryl methyl sites for hydroxylation is 1. The van der Waals surface area contributed by atoms with Gasteiger partial charge in [0.1, 0.15) is 0 Å². The number of hydrogen-bond donors (Lipinski definition) is 4. The standard InChI is InChI=1S/C30H20ClN5O5/c1-2-34-19-10-6-4-7-15(19)17-13-14(11-12-20(17)34)35-26(37)21-22(27(35)38)24-23(21)28(39)36(29(24)40)30-33-32-25(41-30)16-8-3-5-9-18(16)31/h3-13,37-40H,2H2,1H3. The van der Waals surface area contributed by atoms with Crippen LogP contribution in [-0.4, -0.2) is 44.3 Å². The number of halogens is 1. The monoisotopic (exact) mass is 565 g/mol. The van der Waals surface area contributed by atoms with Crippen LogP contribution >= 0.6 is 11.6 Å². The van der Waals surface area contributed by atoms with Crippen molar-refractivity contribution in [2.45, 2.75) is 13.5 Å². The fourth-order valence-electron chi connectivity index (χ4n) is 5.98. The topological polar surface area (TPSA) is 135 Å². The molecular weight excluding hydrogens is 546 g/mol. The first kappa shape index (κ1) is 23.5. The van der Waals surface area contributed by atoms with Crippen molar-refractivity contribution < 1.29 is 24.8 Å². The van der Waals surface area contributed by atoms with Crippen molar-refractivity contribution in [2.24, 2.45) is 0 Å². The number of fused-ring (bicyclic) bond motifs is 7. The molecule has 0 amide bonds. The molecule has 4 heterocycles. The number of para-hydroxylation sites is 1. The summed E-state index contributed by atoms with van der Waals surface area (Å²) in [6.07, 6.45) is 0. The van der Waals surface area contributed by atoms with E-state index < -0.39 is 11.8 Å². The molecule has 0 spiro atoms. The van der Waals surface area contributed by atoms with Gasteiger partial charge in [0.15, 0.2) is 0 Å². The van der Waals surface area contributed by atoms with Gasteiger partial charge in [-0.3, -0.25) is 4.57 Å². The normalized spacial score (nSPS) is 12.1. The quantitative estimate of drug-likeness (QED) is 0.189. The summed E-state index contributed by atoms with van der Waals surface area (Å²) in [7, 11) is 0. The highest BCUT2D eigenvalue weighted by Crippen LogP contribution is 2.66. The van der Waals surface area contributed by atoms with Gasteiger partial charge in [0.25, 0.3) is 5.89 Å². The van der Waals surface area contributed by atoms with Crippen LogP contribution in [0.15, 0.2) is 71.1 Å². The van der Waals surface area contributed by atoms with Gasteiger partial charge in [0, 0.05) is 28.4 Å². The Morgan fingerprint density at radius 3 is 2.00 bits per heavy atom. The summed E-state index contributed by atoms with van der Waals surface area (Å²) >= 11 is 6.24. The second kappa shape index (κ2) is 8.09. The van der Waals surface area contributed by atoms with Crippen LogP contribution in [0, 0.1) is 0 Å². The maximum Gasteiger partial charge on any atom is 0.332 e. The van der Waals surface area contributed by atoms with E-state index in [4.69, 9.17) is 16.0 Å². The van der Waals surface area contributed by atoms with Crippen LogP contribution in [-0.2, 0) is 6.54 Å². The molecule has 0 aliphatic heterocycles. The van der Waals surface area contributed by atoms with Crippen molar-refractivity contribution in [2.75, 3.05) is 0 Å². The van der Waals surface area contributed by atoms with Crippen molar-refractivity contribution in [3.63, 3.8) is 0 Å². The first-order valence-corrected chi connectivity index (χ1v) is 13.2. The Morgan fingerprint density at radius 2 is 1.32 bits per heavy atom. The summed E-state index contributed by atoms with van der Waals surface area (Å²) < 4.78 is 10.2. The van der Waals surface area contributed by atoms with Crippen LogP contribution in [0.3, 0.4) is 0 Å². The van der Waals surface area contributed by atoms with Crippen molar-refractivity contribution in [3.8, 4) is 68.9 Å². The number of rotatable bonds is 4. The van der Waals surface area contributed by atoms with Crippen molar-refractivity contribution >= 4 is 33.4 Å². The highest BCUT2D eigenvalue weighted by atomic mass is 35.5. The number of benzene rings is 3. The second-order valence-electron chi connectivity index (χ2n) is 9.80. The van der Waals surface area contributed by atoms with E-state index in [-0.39, 0.29) is 45.9 Å². The maximum atomic E-state index is 11.3. The van der Waals surface area contributed by atoms with Crippen molar-refractivity contribution in [1.82, 2.24) is 23.9 Å². The molecule has 4 N–H and O–H groups in total. The minimum atomic E-state index is -0.423. The first-order valence-electron chi connectivity index (χ1n) is 12.8. The molecule has 41 heavy (non-hydrogen) atoms. The summed E-state index contributed by atoms with van der Waals surface area (Å²) in [5.74, 6) is -1.31. The smallest absolute Gasteiger partial charge is 0.332 e. The Morgan fingerprint density at radius 1 is 0.707 bits per heavy atom. The van der Waals surface area contributed by atoms with Crippen LogP contribution in [0.1, 0.15) is 6.92 Å². The zero-order valence-corrected chi connectivity index (χ0v) is 22.1. The molecule has 0 saturated carbocycles. The Balaban J connectivity index is 1.25. The lowest BCUT2D eigenvalue weighted by atomic mass is 9.86. The Labute approximate surface area is 236 Å². The van der Waals surface area contributed by atoms with Crippen molar-refractivity contribution in [3.05, 3.63) is 71.8 Å². The van der Waals surface area contributed by atoms with E-state index in [2.05, 4.69) is 27.8 Å². The summed E-state index contributed by atoms with van der Waals surface area (Å²) in [6.45, 7) is 2.87. The summed E-state index contributed by atoms with van der Waals surface area (Å²) in [5.41, 5.74) is 3.85. The largest absolute Gasteiger partial charge is 0.494 e. The number of hydrogen-bond acceptors (Lipinski definition) is 7. The Bertz CT molecular complexity index is 2170. The van der Waals surface area contributed by atoms with E-state index in [0.717, 1.165) is 32.9 Å². The number of aromatic nitrogens is 5. The third-order valence-electron chi connectivity index (χ3n) is 7.78. The minimum absolute atomic E-state index is 0.0933. The molecular formula is C30H20ClN5O5. The third-order valence-corrected chi connectivity index (χ3v) is 8.11. The third kappa shape index (κ3) is 2.91. The first-order chi connectivity index (χ1) is 19.9. The molecule has 11 heteroatoms. The Kier molecular flexibility index (Phi) is 4.64. The lowest BCUT2D eigenvalue weighted by Crippen LogP contribution is -1.95. The molecule has 0 unspecified atom stereocenters. The van der Waals surface area contributed by atoms with Gasteiger partial charge in [-0.05, 0) is 43.3 Å². The summed E-state index contributed by atoms with van der Waals surface area (Å²) in [5, 5.41) is 55.2.